The fourth-order valence-electron chi connectivity index (χ4n) is 3.87. The lowest BCUT2D eigenvalue weighted by Crippen LogP contribution is -2.25. The van der Waals surface area contributed by atoms with Crippen molar-refractivity contribution in [2.24, 2.45) is 9.98 Å². The van der Waals surface area contributed by atoms with Crippen LogP contribution in [0, 0.1) is 11.3 Å². The summed E-state index contributed by atoms with van der Waals surface area (Å²) in [6, 6.07) is 22.8. The smallest absolute Gasteiger partial charge is 0.133 e. The molecule has 178 valence electrons. The van der Waals surface area contributed by atoms with E-state index in [1.54, 1.807) is 18.5 Å². The average Bonchev–Trinajstić information content (AvgIpc) is 3.59. The van der Waals surface area contributed by atoms with Crippen molar-refractivity contribution in [3.05, 3.63) is 99.0 Å². The summed E-state index contributed by atoms with van der Waals surface area (Å²) in [6.07, 6.45) is 1.74. The van der Waals surface area contributed by atoms with Crippen molar-refractivity contribution >= 4 is 35.4 Å². The molecule has 35 heavy (non-hydrogen) atoms. The van der Waals surface area contributed by atoms with Crippen molar-refractivity contribution in [1.82, 2.24) is 10.6 Å². The number of halogens is 2. The SMILES string of the molecule is C1=NCCN1.CCOc1cc(C#N)ccc1C1=NC(c2ccc(Cl)cc2)C(c2ccc(Cl)cc2)N1. The molecule has 0 radical (unpaired) electrons. The number of rotatable bonds is 5. The number of hydrogen-bond acceptors (Lipinski definition) is 6. The van der Waals surface area contributed by atoms with Crippen LogP contribution in [0.15, 0.2) is 76.7 Å². The van der Waals surface area contributed by atoms with E-state index in [2.05, 4.69) is 21.7 Å². The Morgan fingerprint density at radius 1 is 1.00 bits per heavy atom. The highest BCUT2D eigenvalue weighted by atomic mass is 35.5. The molecule has 2 unspecified atom stereocenters. The second-order valence-corrected chi connectivity index (χ2v) is 8.77. The molecule has 0 aromatic heterocycles. The Kier molecular flexibility index (Phi) is 8.25. The van der Waals surface area contributed by atoms with Crippen LogP contribution in [0.3, 0.4) is 0 Å². The van der Waals surface area contributed by atoms with Gasteiger partial charge in [0, 0.05) is 16.6 Å². The summed E-state index contributed by atoms with van der Waals surface area (Å²) in [4.78, 5) is 8.85. The molecule has 0 saturated heterocycles. The highest BCUT2D eigenvalue weighted by molar-refractivity contribution is 6.30. The molecule has 2 N–H and O–H groups in total. The first-order chi connectivity index (χ1) is 17.1. The van der Waals surface area contributed by atoms with Gasteiger partial charge in [0.2, 0.25) is 0 Å². The Bertz CT molecular complexity index is 1240. The Balaban J connectivity index is 0.000000514. The maximum atomic E-state index is 9.24. The van der Waals surface area contributed by atoms with Crippen molar-refractivity contribution in [2.45, 2.75) is 19.0 Å². The zero-order chi connectivity index (χ0) is 24.6. The fourth-order valence-corrected chi connectivity index (χ4v) is 4.12. The van der Waals surface area contributed by atoms with Gasteiger partial charge in [-0.15, -0.1) is 0 Å². The standard InChI is InChI=1S/C24H19Cl2N3O.C3H6N2/c1-2-30-21-13-15(14-27)3-12-20(21)24-28-22(16-4-8-18(25)9-5-16)23(29-24)17-6-10-19(26)11-7-17;1-2-5-3-4-1/h3-13,22-23H,2H2,1H3,(H,28,29);3H,1-2H2,(H,4,5). The van der Waals surface area contributed by atoms with Crippen LogP contribution in [-0.2, 0) is 0 Å². The van der Waals surface area contributed by atoms with Crippen LogP contribution in [0.25, 0.3) is 0 Å². The summed E-state index contributed by atoms with van der Waals surface area (Å²) >= 11 is 12.2. The number of amidine groups is 1. The molecule has 2 heterocycles. The fraction of sp³-hybridized carbons (Fsp3) is 0.222. The number of benzene rings is 3. The van der Waals surface area contributed by atoms with Crippen molar-refractivity contribution < 1.29 is 4.74 Å². The summed E-state index contributed by atoms with van der Waals surface area (Å²) in [7, 11) is 0. The highest BCUT2D eigenvalue weighted by Gasteiger charge is 2.32. The molecule has 0 saturated carbocycles. The average molecular weight is 506 g/mol. The van der Waals surface area contributed by atoms with Crippen LogP contribution in [0.1, 0.15) is 41.3 Å². The van der Waals surface area contributed by atoms with E-state index in [0.29, 0.717) is 28.0 Å². The lowest BCUT2D eigenvalue weighted by Gasteiger charge is -2.20. The number of nitriles is 1. The second kappa shape index (κ2) is 11.7. The van der Waals surface area contributed by atoms with E-state index in [1.807, 2.05) is 61.5 Å². The van der Waals surface area contributed by atoms with Crippen LogP contribution >= 0.6 is 23.2 Å². The zero-order valence-corrected chi connectivity index (χ0v) is 20.7. The Hall–Kier alpha value is -3.53. The minimum absolute atomic E-state index is 0.0800. The van der Waals surface area contributed by atoms with Gasteiger partial charge in [0.05, 0.1) is 42.7 Å². The third-order valence-electron chi connectivity index (χ3n) is 5.55. The van der Waals surface area contributed by atoms with Crippen molar-refractivity contribution in [3.63, 3.8) is 0 Å². The highest BCUT2D eigenvalue weighted by Crippen LogP contribution is 2.39. The topological polar surface area (TPSA) is 81.8 Å². The van der Waals surface area contributed by atoms with Gasteiger partial charge in [0.1, 0.15) is 17.6 Å². The van der Waals surface area contributed by atoms with Gasteiger partial charge < -0.3 is 15.4 Å². The zero-order valence-electron chi connectivity index (χ0n) is 19.2. The van der Waals surface area contributed by atoms with Crippen LogP contribution in [-0.4, -0.2) is 31.9 Å². The molecule has 2 atom stereocenters. The monoisotopic (exact) mass is 505 g/mol. The molecule has 6 nitrogen and oxygen atoms in total. The predicted octanol–water partition coefficient (Wildman–Crippen LogP) is 5.71. The Labute approximate surface area is 215 Å². The molecule has 2 aliphatic heterocycles. The van der Waals surface area contributed by atoms with Crippen molar-refractivity contribution in [2.75, 3.05) is 19.7 Å². The molecule has 5 rings (SSSR count). The van der Waals surface area contributed by atoms with Gasteiger partial charge in [-0.2, -0.15) is 5.26 Å². The van der Waals surface area contributed by atoms with Gasteiger partial charge >= 0.3 is 0 Å². The van der Waals surface area contributed by atoms with Gasteiger partial charge in [0.15, 0.2) is 0 Å². The first kappa shape index (κ1) is 24.6. The van der Waals surface area contributed by atoms with Crippen molar-refractivity contribution in [3.8, 4) is 11.8 Å². The molecule has 0 aliphatic carbocycles. The van der Waals surface area contributed by atoms with E-state index in [9.17, 15) is 5.26 Å². The molecule has 0 amide bonds. The lowest BCUT2D eigenvalue weighted by atomic mass is 9.95. The van der Waals surface area contributed by atoms with Crippen LogP contribution < -0.4 is 15.4 Å². The number of aliphatic imine (C=N–C) groups is 2. The summed E-state index contributed by atoms with van der Waals surface area (Å²) in [5.41, 5.74) is 3.49. The molecule has 0 spiro atoms. The second-order valence-electron chi connectivity index (χ2n) is 7.89. The molecule has 2 aliphatic rings. The van der Waals surface area contributed by atoms with Gasteiger partial charge in [-0.25, -0.2) is 0 Å². The minimum Gasteiger partial charge on any atom is -0.493 e. The Morgan fingerprint density at radius 2 is 1.69 bits per heavy atom. The number of nitrogens with one attached hydrogen (secondary N) is 2. The van der Waals surface area contributed by atoms with E-state index < -0.39 is 0 Å². The normalized spacial score (nSPS) is 17.9. The first-order valence-corrected chi connectivity index (χ1v) is 12.1. The molecule has 0 fully saturated rings. The summed E-state index contributed by atoms with van der Waals surface area (Å²) in [5, 5.41) is 17.1. The number of nitrogens with zero attached hydrogens (tertiary/aromatic N) is 3. The van der Waals surface area contributed by atoms with E-state index in [1.165, 1.54) is 0 Å². The molecular formula is C27H25Cl2N5O. The predicted molar refractivity (Wildman–Crippen MR) is 142 cm³/mol. The van der Waals surface area contributed by atoms with E-state index in [0.717, 1.165) is 35.6 Å². The van der Waals surface area contributed by atoms with E-state index >= 15 is 0 Å². The summed E-state index contributed by atoms with van der Waals surface area (Å²) < 4.78 is 5.80. The number of hydrogen-bond donors (Lipinski definition) is 2. The number of ether oxygens (including phenoxy) is 1. The maximum absolute atomic E-state index is 9.24. The Morgan fingerprint density at radius 3 is 2.23 bits per heavy atom. The van der Waals surface area contributed by atoms with Gasteiger partial charge in [-0.1, -0.05) is 47.5 Å². The molecule has 0 bridgehead atoms. The van der Waals surface area contributed by atoms with E-state index in [-0.39, 0.29) is 12.1 Å². The summed E-state index contributed by atoms with van der Waals surface area (Å²) in [5.74, 6) is 1.36. The van der Waals surface area contributed by atoms with Gasteiger partial charge in [0.25, 0.3) is 0 Å². The van der Waals surface area contributed by atoms with Crippen LogP contribution in [0.4, 0.5) is 0 Å². The quantitative estimate of drug-likeness (QED) is 0.464. The molecule has 3 aromatic carbocycles. The van der Waals surface area contributed by atoms with Crippen LogP contribution in [0.2, 0.25) is 10.0 Å². The van der Waals surface area contributed by atoms with Gasteiger partial charge in [-0.3, -0.25) is 9.98 Å². The first-order valence-electron chi connectivity index (χ1n) is 11.3. The molecule has 8 heteroatoms. The van der Waals surface area contributed by atoms with E-state index in [4.69, 9.17) is 32.9 Å². The van der Waals surface area contributed by atoms with Crippen molar-refractivity contribution in [1.29, 1.82) is 5.26 Å². The molecule has 3 aromatic rings. The lowest BCUT2D eigenvalue weighted by molar-refractivity contribution is 0.339. The van der Waals surface area contributed by atoms with Gasteiger partial charge in [-0.05, 0) is 60.5 Å². The third-order valence-corrected chi connectivity index (χ3v) is 6.05. The van der Waals surface area contributed by atoms with Crippen LogP contribution in [0.5, 0.6) is 5.75 Å². The third kappa shape index (κ3) is 6.13. The maximum Gasteiger partial charge on any atom is 0.133 e. The summed E-state index contributed by atoms with van der Waals surface area (Å²) in [6.45, 7) is 4.40. The molecular weight excluding hydrogens is 481 g/mol. The largest absolute Gasteiger partial charge is 0.493 e. The minimum atomic E-state index is -0.149.